The predicted octanol–water partition coefficient (Wildman–Crippen LogP) is 2.84. The van der Waals surface area contributed by atoms with Gasteiger partial charge in [0.25, 0.3) is 0 Å². The van der Waals surface area contributed by atoms with E-state index < -0.39 is 0 Å². The van der Waals surface area contributed by atoms with Crippen LogP contribution < -0.4 is 5.32 Å². The van der Waals surface area contributed by atoms with Gasteiger partial charge < -0.3 is 5.32 Å². The number of rotatable bonds is 3. The van der Waals surface area contributed by atoms with Crippen molar-refractivity contribution in [3.63, 3.8) is 0 Å². The maximum atomic E-state index is 4.34. The summed E-state index contributed by atoms with van der Waals surface area (Å²) in [6.45, 7) is 4.29. The van der Waals surface area contributed by atoms with Crippen LogP contribution in [0.2, 0.25) is 0 Å². The molecule has 2 heterocycles. The minimum absolute atomic E-state index is 0.421. The van der Waals surface area contributed by atoms with Crippen LogP contribution in [-0.4, -0.2) is 16.0 Å². The largest absolute Gasteiger partial charge is 0.366 e. The summed E-state index contributed by atoms with van der Waals surface area (Å²) in [6.07, 6.45) is 4.69. The number of nitrogens with zero attached hydrogens (tertiary/aromatic N) is 2. The minimum atomic E-state index is 0.421. The van der Waals surface area contributed by atoms with Crippen LogP contribution in [0.1, 0.15) is 20.3 Å². The Morgan fingerprint density at radius 3 is 2.93 bits per heavy atom. The lowest BCUT2D eigenvalue weighted by Crippen LogP contribution is -2.14. The van der Waals surface area contributed by atoms with Gasteiger partial charge in [0, 0.05) is 23.8 Å². The molecule has 0 aliphatic carbocycles. The Morgan fingerprint density at radius 1 is 1.27 bits per heavy atom. The van der Waals surface area contributed by atoms with Gasteiger partial charge in [-0.05, 0) is 25.5 Å². The molecule has 1 atom stereocenters. The third-order valence-corrected chi connectivity index (χ3v) is 2.52. The summed E-state index contributed by atoms with van der Waals surface area (Å²) >= 11 is 0. The average Bonchev–Trinajstić information content (AvgIpc) is 2.29. The van der Waals surface area contributed by atoms with Gasteiger partial charge >= 0.3 is 0 Å². The van der Waals surface area contributed by atoms with Crippen LogP contribution in [-0.2, 0) is 0 Å². The lowest BCUT2D eigenvalue weighted by Gasteiger charge is -2.12. The molecule has 0 bridgehead atoms. The summed E-state index contributed by atoms with van der Waals surface area (Å²) in [5, 5.41) is 4.48. The molecule has 2 rings (SSSR count). The highest BCUT2D eigenvalue weighted by Crippen LogP contribution is 2.18. The van der Waals surface area contributed by atoms with Crippen molar-refractivity contribution in [1.29, 1.82) is 0 Å². The molecule has 0 spiro atoms. The highest BCUT2D eigenvalue weighted by Gasteiger charge is 2.05. The number of aromatic nitrogens is 2. The number of nitrogens with one attached hydrogen (secondary N) is 1. The Kier molecular flexibility index (Phi) is 2.81. The maximum absolute atomic E-state index is 4.34. The maximum Gasteiger partial charge on any atom is 0.152 e. The van der Waals surface area contributed by atoms with Gasteiger partial charge in [-0.1, -0.05) is 13.0 Å². The molecule has 1 N–H and O–H groups in total. The summed E-state index contributed by atoms with van der Waals surface area (Å²) in [7, 11) is 0. The van der Waals surface area contributed by atoms with E-state index in [1.54, 1.807) is 6.20 Å². The van der Waals surface area contributed by atoms with Crippen molar-refractivity contribution in [3.8, 4) is 0 Å². The molecule has 0 saturated heterocycles. The molecule has 0 amide bonds. The van der Waals surface area contributed by atoms with E-state index in [-0.39, 0.29) is 0 Å². The SMILES string of the molecule is CCC(C)Nc1nccc2cccnc12. The molecule has 78 valence electrons. The summed E-state index contributed by atoms with van der Waals surface area (Å²) < 4.78 is 0. The summed E-state index contributed by atoms with van der Waals surface area (Å²) in [4.78, 5) is 8.66. The average molecular weight is 201 g/mol. The van der Waals surface area contributed by atoms with Crippen LogP contribution in [0.5, 0.6) is 0 Å². The molecule has 2 aromatic rings. The number of anilines is 1. The monoisotopic (exact) mass is 201 g/mol. The highest BCUT2D eigenvalue weighted by atomic mass is 15.0. The van der Waals surface area contributed by atoms with E-state index in [4.69, 9.17) is 0 Å². The Labute approximate surface area is 89.6 Å². The zero-order chi connectivity index (χ0) is 10.7. The highest BCUT2D eigenvalue weighted by molar-refractivity contribution is 5.87. The standard InChI is InChI=1S/C12H15N3/c1-3-9(2)15-12-11-10(6-8-14-12)5-4-7-13-11/h4-9H,3H2,1-2H3,(H,14,15). The molecule has 0 aromatic carbocycles. The first-order valence-corrected chi connectivity index (χ1v) is 5.27. The van der Waals surface area contributed by atoms with E-state index in [0.29, 0.717) is 6.04 Å². The first-order chi connectivity index (χ1) is 7.31. The second kappa shape index (κ2) is 4.26. The second-order valence-electron chi connectivity index (χ2n) is 3.69. The van der Waals surface area contributed by atoms with E-state index in [2.05, 4.69) is 29.1 Å². The number of pyridine rings is 2. The Hall–Kier alpha value is -1.64. The zero-order valence-corrected chi connectivity index (χ0v) is 9.07. The Morgan fingerprint density at radius 2 is 2.13 bits per heavy atom. The number of hydrogen-bond donors (Lipinski definition) is 1. The molecule has 0 radical (unpaired) electrons. The van der Waals surface area contributed by atoms with E-state index >= 15 is 0 Å². The van der Waals surface area contributed by atoms with Crippen molar-refractivity contribution in [1.82, 2.24) is 9.97 Å². The molecule has 1 unspecified atom stereocenters. The topological polar surface area (TPSA) is 37.8 Å². The minimum Gasteiger partial charge on any atom is -0.366 e. The van der Waals surface area contributed by atoms with Crippen LogP contribution in [0, 0.1) is 0 Å². The van der Waals surface area contributed by atoms with Crippen LogP contribution >= 0.6 is 0 Å². The first-order valence-electron chi connectivity index (χ1n) is 5.27. The van der Waals surface area contributed by atoms with E-state index in [9.17, 15) is 0 Å². The third-order valence-electron chi connectivity index (χ3n) is 2.52. The zero-order valence-electron chi connectivity index (χ0n) is 9.07. The fourth-order valence-electron chi connectivity index (χ4n) is 1.44. The molecule has 15 heavy (non-hydrogen) atoms. The van der Waals surface area contributed by atoms with Crippen LogP contribution in [0.15, 0.2) is 30.6 Å². The van der Waals surface area contributed by atoms with E-state index in [1.165, 1.54) is 0 Å². The third kappa shape index (κ3) is 2.06. The molecular weight excluding hydrogens is 186 g/mol. The van der Waals surface area contributed by atoms with Crippen LogP contribution in [0.3, 0.4) is 0 Å². The summed E-state index contributed by atoms with van der Waals surface area (Å²) in [6, 6.07) is 6.38. The van der Waals surface area contributed by atoms with Gasteiger partial charge in [-0.2, -0.15) is 0 Å². The smallest absolute Gasteiger partial charge is 0.152 e. The molecule has 0 fully saturated rings. The van der Waals surface area contributed by atoms with Crippen LogP contribution in [0.25, 0.3) is 10.9 Å². The van der Waals surface area contributed by atoms with Crippen molar-refractivity contribution in [2.75, 3.05) is 5.32 Å². The van der Waals surface area contributed by atoms with Gasteiger partial charge in [0.15, 0.2) is 5.82 Å². The normalized spacial score (nSPS) is 12.7. The van der Waals surface area contributed by atoms with Crippen molar-refractivity contribution in [3.05, 3.63) is 30.6 Å². The Bertz CT molecular complexity index is 448. The van der Waals surface area contributed by atoms with E-state index in [0.717, 1.165) is 23.1 Å². The first kappa shape index (κ1) is 9.90. The molecule has 3 heteroatoms. The van der Waals surface area contributed by atoms with Gasteiger partial charge in [0.1, 0.15) is 5.52 Å². The van der Waals surface area contributed by atoms with Gasteiger partial charge in [0.05, 0.1) is 0 Å². The van der Waals surface area contributed by atoms with Crippen molar-refractivity contribution >= 4 is 16.7 Å². The van der Waals surface area contributed by atoms with Crippen molar-refractivity contribution in [2.45, 2.75) is 26.3 Å². The van der Waals surface area contributed by atoms with Gasteiger partial charge in [-0.3, -0.25) is 4.98 Å². The molecule has 0 saturated carbocycles. The van der Waals surface area contributed by atoms with Crippen molar-refractivity contribution < 1.29 is 0 Å². The summed E-state index contributed by atoms with van der Waals surface area (Å²) in [5.74, 6) is 0.877. The molecular formula is C12H15N3. The predicted molar refractivity (Wildman–Crippen MR) is 62.9 cm³/mol. The molecule has 2 aromatic heterocycles. The second-order valence-corrected chi connectivity index (χ2v) is 3.69. The Balaban J connectivity index is 2.42. The van der Waals surface area contributed by atoms with Gasteiger partial charge in [-0.25, -0.2) is 4.98 Å². The van der Waals surface area contributed by atoms with Gasteiger partial charge in [0.2, 0.25) is 0 Å². The van der Waals surface area contributed by atoms with Gasteiger partial charge in [-0.15, -0.1) is 0 Å². The van der Waals surface area contributed by atoms with E-state index in [1.807, 2.05) is 24.4 Å². The molecule has 0 aliphatic heterocycles. The molecule has 3 nitrogen and oxygen atoms in total. The number of hydrogen-bond acceptors (Lipinski definition) is 3. The molecule has 0 aliphatic rings. The number of fused-ring (bicyclic) bond motifs is 1. The fraction of sp³-hybridized carbons (Fsp3) is 0.333. The van der Waals surface area contributed by atoms with Crippen LogP contribution in [0.4, 0.5) is 5.82 Å². The quantitative estimate of drug-likeness (QED) is 0.829. The lowest BCUT2D eigenvalue weighted by molar-refractivity contribution is 0.760. The lowest BCUT2D eigenvalue weighted by atomic mass is 10.2. The fourth-order valence-corrected chi connectivity index (χ4v) is 1.44. The summed E-state index contributed by atoms with van der Waals surface area (Å²) in [5.41, 5.74) is 0.945. The van der Waals surface area contributed by atoms with Crippen molar-refractivity contribution in [2.24, 2.45) is 0 Å².